The molecule has 1 aromatic carbocycles. The van der Waals surface area contributed by atoms with Crippen LogP contribution in [0.15, 0.2) is 48.7 Å². The lowest BCUT2D eigenvalue weighted by molar-refractivity contribution is -0.274. The van der Waals surface area contributed by atoms with Crippen molar-refractivity contribution >= 4 is 22.4 Å². The van der Waals surface area contributed by atoms with Gasteiger partial charge in [0.05, 0.1) is 5.69 Å². The average Bonchev–Trinajstić information content (AvgIpc) is 3.04. The van der Waals surface area contributed by atoms with E-state index in [9.17, 15) is 23.2 Å². The summed E-state index contributed by atoms with van der Waals surface area (Å²) in [7, 11) is 0. The van der Waals surface area contributed by atoms with Crippen molar-refractivity contribution in [2.45, 2.75) is 6.36 Å². The van der Waals surface area contributed by atoms with Crippen LogP contribution in [0.2, 0.25) is 0 Å². The van der Waals surface area contributed by atoms with E-state index in [2.05, 4.69) is 20.0 Å². The fourth-order valence-corrected chi connectivity index (χ4v) is 2.87. The monoisotopic (exact) mass is 390 g/mol. The number of halogens is 3. The zero-order chi connectivity index (χ0) is 19.4. The predicted octanol–water partition coefficient (Wildman–Crippen LogP) is 4.23. The number of hydrogen-bond donors (Lipinski definition) is 1. The maximum Gasteiger partial charge on any atom is 0.573 e. The molecule has 1 amide bonds. The smallest absolute Gasteiger partial charge is 0.406 e. The van der Waals surface area contributed by atoms with Gasteiger partial charge in [0.15, 0.2) is 5.13 Å². The molecule has 0 saturated carbocycles. The summed E-state index contributed by atoms with van der Waals surface area (Å²) in [4.78, 5) is 20.9. The first-order chi connectivity index (χ1) is 12.9. The maximum atomic E-state index is 12.2. The van der Waals surface area contributed by atoms with Crippen LogP contribution < -0.4 is 10.1 Å². The van der Waals surface area contributed by atoms with E-state index in [0.717, 1.165) is 23.5 Å². The zero-order valence-electron chi connectivity index (χ0n) is 13.3. The molecule has 0 unspecified atom stereocenters. The highest BCUT2D eigenvalue weighted by atomic mass is 32.1. The van der Waals surface area contributed by atoms with E-state index in [0.29, 0.717) is 11.4 Å². The van der Waals surface area contributed by atoms with Gasteiger partial charge in [0.25, 0.3) is 5.91 Å². The Morgan fingerprint density at radius 2 is 1.93 bits per heavy atom. The summed E-state index contributed by atoms with van der Waals surface area (Å²) in [6, 6.07) is 11.6. The molecule has 0 aliphatic carbocycles. The van der Waals surface area contributed by atoms with E-state index in [1.165, 1.54) is 12.1 Å². The largest absolute Gasteiger partial charge is 0.573 e. The molecule has 3 rings (SSSR count). The van der Waals surface area contributed by atoms with Gasteiger partial charge in [0.1, 0.15) is 22.4 Å². The van der Waals surface area contributed by atoms with E-state index in [4.69, 9.17) is 0 Å². The summed E-state index contributed by atoms with van der Waals surface area (Å²) >= 11 is 0.971. The number of nitriles is 1. The number of alkyl halides is 3. The minimum absolute atomic E-state index is 0.109. The first-order valence-corrected chi connectivity index (χ1v) is 8.17. The van der Waals surface area contributed by atoms with Crippen LogP contribution in [0.1, 0.15) is 15.2 Å². The van der Waals surface area contributed by atoms with Crippen LogP contribution in [0, 0.1) is 11.3 Å². The molecule has 0 bridgehead atoms. The molecule has 0 spiro atoms. The fraction of sp³-hybridized carbons (Fsp3) is 0.0588. The van der Waals surface area contributed by atoms with Crippen LogP contribution in [0.5, 0.6) is 5.75 Å². The number of nitrogens with one attached hydrogen (secondary N) is 1. The van der Waals surface area contributed by atoms with Gasteiger partial charge >= 0.3 is 6.36 Å². The number of aromatic nitrogens is 2. The highest BCUT2D eigenvalue weighted by Gasteiger charge is 2.31. The van der Waals surface area contributed by atoms with E-state index in [-0.39, 0.29) is 15.6 Å². The number of amides is 1. The van der Waals surface area contributed by atoms with Crippen LogP contribution in [0.25, 0.3) is 11.4 Å². The number of ether oxygens (including phenoxy) is 1. The molecule has 6 nitrogen and oxygen atoms in total. The molecule has 0 fully saturated rings. The van der Waals surface area contributed by atoms with Gasteiger partial charge in [-0.3, -0.25) is 15.1 Å². The Morgan fingerprint density at radius 1 is 1.19 bits per heavy atom. The highest BCUT2D eigenvalue weighted by Crippen LogP contribution is 2.29. The van der Waals surface area contributed by atoms with Crippen molar-refractivity contribution in [3.63, 3.8) is 0 Å². The quantitative estimate of drug-likeness (QED) is 0.720. The molecule has 0 saturated heterocycles. The predicted molar refractivity (Wildman–Crippen MR) is 91.1 cm³/mol. The van der Waals surface area contributed by atoms with Crippen molar-refractivity contribution in [1.29, 1.82) is 5.26 Å². The van der Waals surface area contributed by atoms with Crippen LogP contribution >= 0.6 is 11.3 Å². The molecule has 0 atom stereocenters. The average molecular weight is 390 g/mol. The van der Waals surface area contributed by atoms with E-state index >= 15 is 0 Å². The number of anilines is 1. The van der Waals surface area contributed by atoms with Gasteiger partial charge in [-0.05, 0) is 36.4 Å². The van der Waals surface area contributed by atoms with E-state index < -0.39 is 18.0 Å². The molecular weight excluding hydrogens is 381 g/mol. The third kappa shape index (κ3) is 4.59. The number of rotatable bonds is 4. The Labute approximate surface area is 154 Å². The van der Waals surface area contributed by atoms with Gasteiger partial charge in [-0.1, -0.05) is 17.4 Å². The Hall–Kier alpha value is -3.45. The Kier molecular flexibility index (Phi) is 5.05. The van der Waals surface area contributed by atoms with Gasteiger partial charge in [-0.25, -0.2) is 4.98 Å². The van der Waals surface area contributed by atoms with Gasteiger partial charge in [0.2, 0.25) is 0 Å². The Bertz CT molecular complexity index is 996. The molecule has 27 heavy (non-hydrogen) atoms. The maximum absolute atomic E-state index is 12.2. The molecule has 2 aromatic heterocycles. The summed E-state index contributed by atoms with van der Waals surface area (Å²) in [5.74, 6) is -1.02. The highest BCUT2D eigenvalue weighted by molar-refractivity contribution is 7.16. The number of carbonyl (C=O) groups is 1. The first kappa shape index (κ1) is 18.3. The number of hydrogen-bond acceptors (Lipinski definition) is 6. The third-order valence-corrected chi connectivity index (χ3v) is 4.08. The third-order valence-electron chi connectivity index (χ3n) is 3.21. The minimum Gasteiger partial charge on any atom is -0.406 e. The molecule has 0 radical (unpaired) electrons. The minimum atomic E-state index is -4.81. The molecule has 0 aliphatic rings. The Morgan fingerprint density at radius 3 is 2.52 bits per heavy atom. The van der Waals surface area contributed by atoms with E-state index in [1.54, 1.807) is 24.4 Å². The van der Waals surface area contributed by atoms with Crippen molar-refractivity contribution in [3.8, 4) is 23.2 Å². The summed E-state index contributed by atoms with van der Waals surface area (Å²) < 4.78 is 40.2. The molecule has 2 heterocycles. The number of carbonyl (C=O) groups excluding carboxylic acids is 1. The summed E-state index contributed by atoms with van der Waals surface area (Å²) in [5, 5.41) is 11.9. The number of nitrogens with zero attached hydrogens (tertiary/aromatic N) is 3. The zero-order valence-corrected chi connectivity index (χ0v) is 14.1. The van der Waals surface area contributed by atoms with Crippen molar-refractivity contribution in [3.05, 3.63) is 59.1 Å². The van der Waals surface area contributed by atoms with Crippen molar-refractivity contribution in [1.82, 2.24) is 9.97 Å². The lowest BCUT2D eigenvalue weighted by Gasteiger charge is -2.09. The van der Waals surface area contributed by atoms with Crippen molar-refractivity contribution in [2.75, 3.05) is 5.32 Å². The molecule has 10 heteroatoms. The molecule has 1 N–H and O–H groups in total. The summed E-state index contributed by atoms with van der Waals surface area (Å²) in [6.45, 7) is 0. The number of benzene rings is 1. The van der Waals surface area contributed by atoms with Crippen LogP contribution in [-0.4, -0.2) is 22.2 Å². The lowest BCUT2D eigenvalue weighted by atomic mass is 10.2. The van der Waals surface area contributed by atoms with Crippen LogP contribution in [-0.2, 0) is 0 Å². The number of thiazole rings is 1. The Balaban J connectivity index is 1.77. The van der Waals surface area contributed by atoms with Crippen molar-refractivity contribution in [2.24, 2.45) is 0 Å². The van der Waals surface area contributed by atoms with Gasteiger partial charge in [-0.2, -0.15) is 5.26 Å². The normalized spacial score (nSPS) is 10.9. The standard InChI is InChI=1S/C17H9F3N4O2S/c18-17(19,20)26-11-6-4-10(5-7-11)15(25)24-16-23-14(13(9-21)27-16)12-3-1-2-8-22-12/h1-8H,(H,23,24,25). The van der Waals surface area contributed by atoms with Gasteiger partial charge in [-0.15, -0.1) is 13.2 Å². The van der Waals surface area contributed by atoms with Gasteiger partial charge < -0.3 is 4.74 Å². The summed E-state index contributed by atoms with van der Waals surface area (Å²) in [6.07, 6.45) is -3.25. The number of pyridine rings is 1. The first-order valence-electron chi connectivity index (χ1n) is 7.35. The molecule has 3 aromatic rings. The fourth-order valence-electron chi connectivity index (χ4n) is 2.10. The van der Waals surface area contributed by atoms with Crippen LogP contribution in [0.4, 0.5) is 18.3 Å². The van der Waals surface area contributed by atoms with E-state index in [1.807, 2.05) is 6.07 Å². The lowest BCUT2D eigenvalue weighted by Crippen LogP contribution is -2.17. The second kappa shape index (κ2) is 7.43. The van der Waals surface area contributed by atoms with Crippen molar-refractivity contribution < 1.29 is 22.7 Å². The second-order valence-corrected chi connectivity index (χ2v) is 6.05. The SMILES string of the molecule is N#Cc1sc(NC(=O)c2ccc(OC(F)(F)F)cc2)nc1-c1ccccn1. The van der Waals surface area contributed by atoms with Gasteiger partial charge in [0, 0.05) is 11.8 Å². The topological polar surface area (TPSA) is 87.9 Å². The molecular formula is C17H9F3N4O2S. The molecule has 0 aliphatic heterocycles. The molecule has 136 valence electrons. The second-order valence-electron chi connectivity index (χ2n) is 5.05. The van der Waals surface area contributed by atoms with Crippen LogP contribution in [0.3, 0.4) is 0 Å². The summed E-state index contributed by atoms with van der Waals surface area (Å²) in [5.41, 5.74) is 0.935.